The SMILES string of the molecule is Cc1ccccc1NC(=O)Nc1ccc(Nc2ccc(-n3nc(C)c(C)c3C)nn2)cc1. The van der Waals surface area contributed by atoms with Crippen molar-refractivity contribution in [3.05, 3.63) is 83.2 Å². The Morgan fingerprint density at radius 1 is 0.812 bits per heavy atom. The maximum Gasteiger partial charge on any atom is 0.323 e. The van der Waals surface area contributed by atoms with Crippen LogP contribution in [0.25, 0.3) is 5.82 Å². The van der Waals surface area contributed by atoms with Crippen LogP contribution in [0.2, 0.25) is 0 Å². The lowest BCUT2D eigenvalue weighted by Gasteiger charge is -2.11. The maximum absolute atomic E-state index is 12.2. The Balaban J connectivity index is 1.37. The van der Waals surface area contributed by atoms with E-state index in [1.807, 2.05) is 88.4 Å². The summed E-state index contributed by atoms with van der Waals surface area (Å²) in [4.78, 5) is 12.2. The van der Waals surface area contributed by atoms with Crippen molar-refractivity contribution >= 4 is 28.9 Å². The molecule has 0 spiro atoms. The zero-order valence-corrected chi connectivity index (χ0v) is 18.5. The minimum atomic E-state index is -0.291. The van der Waals surface area contributed by atoms with Gasteiger partial charge in [0.2, 0.25) is 0 Å². The van der Waals surface area contributed by atoms with E-state index in [1.165, 1.54) is 0 Å². The summed E-state index contributed by atoms with van der Waals surface area (Å²) in [7, 11) is 0. The molecule has 4 aromatic rings. The van der Waals surface area contributed by atoms with Crippen LogP contribution in [0, 0.1) is 27.7 Å². The fraction of sp³-hybridized carbons (Fsp3) is 0.167. The highest BCUT2D eigenvalue weighted by Gasteiger charge is 2.10. The fourth-order valence-electron chi connectivity index (χ4n) is 3.23. The predicted octanol–water partition coefficient (Wildman–Crippen LogP) is 5.28. The Kier molecular flexibility index (Phi) is 5.85. The first-order valence-electron chi connectivity index (χ1n) is 10.3. The van der Waals surface area contributed by atoms with Crippen molar-refractivity contribution < 1.29 is 4.79 Å². The molecule has 0 unspecified atom stereocenters. The Hall–Kier alpha value is -4.20. The molecule has 0 fully saturated rings. The molecule has 8 nitrogen and oxygen atoms in total. The molecule has 0 aliphatic carbocycles. The van der Waals surface area contributed by atoms with E-state index < -0.39 is 0 Å². The molecule has 32 heavy (non-hydrogen) atoms. The molecule has 0 atom stereocenters. The van der Waals surface area contributed by atoms with Gasteiger partial charge in [0.25, 0.3) is 0 Å². The molecule has 0 aliphatic heterocycles. The van der Waals surface area contributed by atoms with E-state index in [4.69, 9.17) is 0 Å². The average Bonchev–Trinajstić information content (AvgIpc) is 3.04. The molecule has 0 saturated heterocycles. The summed E-state index contributed by atoms with van der Waals surface area (Å²) in [6.07, 6.45) is 0. The van der Waals surface area contributed by atoms with E-state index in [9.17, 15) is 4.79 Å². The van der Waals surface area contributed by atoms with Crippen molar-refractivity contribution in [2.75, 3.05) is 16.0 Å². The highest BCUT2D eigenvalue weighted by Crippen LogP contribution is 2.20. The number of carbonyl (C=O) groups excluding carboxylic acids is 1. The molecule has 3 N–H and O–H groups in total. The Labute approximate surface area is 186 Å². The second kappa shape index (κ2) is 8.89. The van der Waals surface area contributed by atoms with Crippen molar-refractivity contribution in [3.8, 4) is 5.82 Å². The summed E-state index contributed by atoms with van der Waals surface area (Å²) in [5.41, 5.74) is 6.47. The summed E-state index contributed by atoms with van der Waals surface area (Å²) in [6.45, 7) is 7.99. The molecule has 8 heteroatoms. The lowest BCUT2D eigenvalue weighted by molar-refractivity contribution is 0.262. The molecule has 162 valence electrons. The lowest BCUT2D eigenvalue weighted by atomic mass is 10.2. The first-order chi connectivity index (χ1) is 15.4. The first-order valence-corrected chi connectivity index (χ1v) is 10.3. The normalized spacial score (nSPS) is 10.6. The highest BCUT2D eigenvalue weighted by molar-refractivity contribution is 6.00. The molecule has 2 amide bonds. The summed E-state index contributed by atoms with van der Waals surface area (Å²) in [5, 5.41) is 21.9. The molecular weight excluding hydrogens is 402 g/mol. The molecular formula is C24H25N7O. The van der Waals surface area contributed by atoms with Crippen LogP contribution in [0.15, 0.2) is 60.7 Å². The zero-order chi connectivity index (χ0) is 22.7. The molecule has 0 saturated carbocycles. The van der Waals surface area contributed by atoms with Crippen LogP contribution >= 0.6 is 0 Å². The van der Waals surface area contributed by atoms with Crippen molar-refractivity contribution in [3.63, 3.8) is 0 Å². The number of benzene rings is 2. The monoisotopic (exact) mass is 427 g/mol. The van der Waals surface area contributed by atoms with Gasteiger partial charge in [-0.2, -0.15) is 5.10 Å². The second-order valence-electron chi connectivity index (χ2n) is 7.58. The molecule has 4 rings (SSSR count). The van der Waals surface area contributed by atoms with Gasteiger partial charge in [-0.3, -0.25) is 0 Å². The number of hydrogen-bond acceptors (Lipinski definition) is 5. The third kappa shape index (κ3) is 4.59. The number of urea groups is 1. The van der Waals surface area contributed by atoms with Gasteiger partial charge in [-0.15, -0.1) is 10.2 Å². The van der Waals surface area contributed by atoms with Gasteiger partial charge < -0.3 is 16.0 Å². The van der Waals surface area contributed by atoms with Crippen LogP contribution in [0.1, 0.15) is 22.5 Å². The van der Waals surface area contributed by atoms with Gasteiger partial charge in [-0.05, 0) is 81.3 Å². The molecule has 2 aromatic carbocycles. The number of carbonyl (C=O) groups is 1. The number of hydrogen-bond donors (Lipinski definition) is 3. The minimum Gasteiger partial charge on any atom is -0.339 e. The van der Waals surface area contributed by atoms with E-state index in [0.717, 1.165) is 33.9 Å². The van der Waals surface area contributed by atoms with Crippen LogP contribution in [0.3, 0.4) is 0 Å². The van der Waals surface area contributed by atoms with Gasteiger partial charge in [-0.25, -0.2) is 9.48 Å². The van der Waals surface area contributed by atoms with Crippen LogP contribution in [0.5, 0.6) is 0 Å². The van der Waals surface area contributed by atoms with Crippen LogP contribution in [-0.4, -0.2) is 26.0 Å². The smallest absolute Gasteiger partial charge is 0.323 e. The summed E-state index contributed by atoms with van der Waals surface area (Å²) in [6, 6.07) is 18.4. The van der Waals surface area contributed by atoms with E-state index in [-0.39, 0.29) is 6.03 Å². The number of para-hydroxylation sites is 1. The van der Waals surface area contributed by atoms with Gasteiger partial charge in [0.15, 0.2) is 11.6 Å². The first kappa shape index (κ1) is 21.0. The topological polar surface area (TPSA) is 96.8 Å². The minimum absolute atomic E-state index is 0.291. The van der Waals surface area contributed by atoms with Crippen LogP contribution in [0.4, 0.5) is 27.7 Å². The molecule has 0 radical (unpaired) electrons. The van der Waals surface area contributed by atoms with Crippen molar-refractivity contribution in [2.45, 2.75) is 27.7 Å². The maximum atomic E-state index is 12.2. The quantitative estimate of drug-likeness (QED) is 0.402. The molecule has 0 bridgehead atoms. The predicted molar refractivity (Wildman–Crippen MR) is 127 cm³/mol. The largest absolute Gasteiger partial charge is 0.339 e. The van der Waals surface area contributed by atoms with Gasteiger partial charge in [-0.1, -0.05) is 18.2 Å². The van der Waals surface area contributed by atoms with E-state index in [1.54, 1.807) is 4.68 Å². The summed E-state index contributed by atoms with van der Waals surface area (Å²) >= 11 is 0. The number of anilines is 4. The van der Waals surface area contributed by atoms with E-state index >= 15 is 0 Å². The zero-order valence-electron chi connectivity index (χ0n) is 18.5. The number of nitrogens with one attached hydrogen (secondary N) is 3. The summed E-state index contributed by atoms with van der Waals surface area (Å²) in [5.74, 6) is 1.29. The molecule has 2 aromatic heterocycles. The van der Waals surface area contributed by atoms with Gasteiger partial charge in [0, 0.05) is 22.8 Å². The summed E-state index contributed by atoms with van der Waals surface area (Å²) < 4.78 is 1.80. The van der Waals surface area contributed by atoms with Crippen molar-refractivity contribution in [1.82, 2.24) is 20.0 Å². The van der Waals surface area contributed by atoms with Crippen LogP contribution in [-0.2, 0) is 0 Å². The van der Waals surface area contributed by atoms with Crippen LogP contribution < -0.4 is 16.0 Å². The second-order valence-corrected chi connectivity index (χ2v) is 7.58. The number of aryl methyl sites for hydroxylation is 2. The van der Waals surface area contributed by atoms with Crippen molar-refractivity contribution in [2.24, 2.45) is 0 Å². The standard InChI is InChI=1S/C24H25N7O/c1-15-7-5-6-8-21(15)27-24(32)26-20-11-9-19(10-12-20)25-22-13-14-23(29-28-22)31-18(4)16(2)17(3)30-31/h5-14H,1-4H3,(H,25,28)(H2,26,27,32). The Morgan fingerprint density at radius 2 is 1.53 bits per heavy atom. The van der Waals surface area contributed by atoms with Gasteiger partial charge in [0.05, 0.1) is 5.69 Å². The number of amides is 2. The average molecular weight is 428 g/mol. The lowest BCUT2D eigenvalue weighted by Crippen LogP contribution is -2.19. The van der Waals surface area contributed by atoms with E-state index in [0.29, 0.717) is 17.3 Å². The number of rotatable bonds is 5. The molecule has 2 heterocycles. The van der Waals surface area contributed by atoms with Crippen molar-refractivity contribution in [1.29, 1.82) is 0 Å². The number of nitrogens with zero attached hydrogens (tertiary/aromatic N) is 4. The third-order valence-corrected chi connectivity index (χ3v) is 5.33. The third-order valence-electron chi connectivity index (χ3n) is 5.33. The fourth-order valence-corrected chi connectivity index (χ4v) is 3.23. The van der Waals surface area contributed by atoms with Gasteiger partial charge in [0.1, 0.15) is 0 Å². The highest BCUT2D eigenvalue weighted by atomic mass is 16.2. The Bertz CT molecular complexity index is 1240. The van der Waals surface area contributed by atoms with Gasteiger partial charge >= 0.3 is 6.03 Å². The van der Waals surface area contributed by atoms with E-state index in [2.05, 4.69) is 31.2 Å². The molecule has 0 aliphatic rings. The number of aromatic nitrogens is 4. The Morgan fingerprint density at radius 3 is 2.16 bits per heavy atom.